The average Bonchev–Trinajstić information content (AvgIpc) is 3.05. The molecule has 5 rings (SSSR count). The number of piperidine rings is 1. The minimum Gasteiger partial charge on any atom is -0.437 e. The Bertz CT molecular complexity index is 1310. The van der Waals surface area contributed by atoms with Crippen LogP contribution in [0.3, 0.4) is 0 Å². The second kappa shape index (κ2) is 11.2. The van der Waals surface area contributed by atoms with Crippen molar-refractivity contribution in [2.45, 2.75) is 51.9 Å². The fourth-order valence-corrected chi connectivity index (χ4v) is 5.76. The van der Waals surface area contributed by atoms with Crippen LogP contribution in [0.5, 0.6) is 0 Å². The van der Waals surface area contributed by atoms with E-state index in [1.54, 1.807) is 6.82 Å². The fraction of sp³-hybridized carbons (Fsp3) is 0.333. The lowest BCUT2D eigenvalue weighted by Gasteiger charge is -2.33. The number of hydrogen-bond acceptors (Lipinski definition) is 4. The maximum atomic E-state index is 13.6. The van der Waals surface area contributed by atoms with Crippen LogP contribution in [0.25, 0.3) is 5.57 Å². The van der Waals surface area contributed by atoms with Crippen LogP contribution in [0.2, 0.25) is 11.8 Å². The Morgan fingerprint density at radius 1 is 1.08 bits per heavy atom. The lowest BCUT2D eigenvalue weighted by Crippen LogP contribution is -2.53. The molecule has 1 aliphatic heterocycles. The lowest BCUT2D eigenvalue weighted by atomic mass is 9.85. The highest BCUT2D eigenvalue weighted by atomic mass is 35.5. The molecule has 0 spiro atoms. The van der Waals surface area contributed by atoms with Gasteiger partial charge in [-0.1, -0.05) is 59.1 Å². The molecule has 190 valence electrons. The van der Waals surface area contributed by atoms with E-state index in [9.17, 15) is 9.82 Å². The first-order chi connectivity index (χ1) is 17.9. The van der Waals surface area contributed by atoms with Gasteiger partial charge in [-0.2, -0.15) is 0 Å². The quantitative estimate of drug-likeness (QED) is 0.477. The summed E-state index contributed by atoms with van der Waals surface area (Å²) in [7, 11) is -0.765. The highest BCUT2D eigenvalue weighted by molar-refractivity contribution is 6.46. The van der Waals surface area contributed by atoms with Crippen molar-refractivity contribution in [3.63, 3.8) is 0 Å². The van der Waals surface area contributed by atoms with Crippen LogP contribution in [0.15, 0.2) is 66.4 Å². The molecule has 0 radical (unpaired) electrons. The Morgan fingerprint density at radius 2 is 1.81 bits per heavy atom. The number of hydrogen-bond donors (Lipinski definition) is 2. The summed E-state index contributed by atoms with van der Waals surface area (Å²) in [6.45, 7) is 5.01. The van der Waals surface area contributed by atoms with Crippen molar-refractivity contribution < 1.29 is 9.82 Å². The number of rotatable bonds is 5. The number of carbonyl (C=O) groups is 1. The van der Waals surface area contributed by atoms with Gasteiger partial charge < -0.3 is 15.2 Å². The Balaban J connectivity index is 1.40. The number of halogens is 1. The van der Waals surface area contributed by atoms with Crippen LogP contribution < -0.4 is 5.23 Å². The second-order valence-electron chi connectivity index (χ2n) is 10.2. The zero-order chi connectivity index (χ0) is 25.9. The zero-order valence-electron chi connectivity index (χ0n) is 21.5. The number of pyridine rings is 1. The van der Waals surface area contributed by atoms with Crippen LogP contribution in [0.4, 0.5) is 0 Å². The molecule has 7 heteroatoms. The van der Waals surface area contributed by atoms with Gasteiger partial charge in [0.15, 0.2) is 0 Å². The van der Waals surface area contributed by atoms with Gasteiger partial charge in [0.05, 0.1) is 11.7 Å². The number of carbonyl (C=O) groups excluding carboxylic acids is 1. The van der Waals surface area contributed by atoms with Gasteiger partial charge in [0.1, 0.15) is 0 Å². The number of nitrogens with zero attached hydrogens (tertiary/aromatic N) is 2. The van der Waals surface area contributed by atoms with Crippen LogP contribution in [-0.4, -0.2) is 47.0 Å². The molecule has 1 aromatic heterocycles. The molecule has 1 amide bonds. The first-order valence-corrected chi connectivity index (χ1v) is 13.5. The highest BCUT2D eigenvalue weighted by Gasteiger charge is 2.30. The minimum absolute atomic E-state index is 0.0390. The van der Waals surface area contributed by atoms with E-state index in [2.05, 4.69) is 54.6 Å². The van der Waals surface area contributed by atoms with E-state index < -0.39 is 13.1 Å². The van der Waals surface area contributed by atoms with Gasteiger partial charge in [-0.15, -0.1) is 0 Å². The van der Waals surface area contributed by atoms with Crippen molar-refractivity contribution >= 4 is 30.1 Å². The predicted octanol–water partition coefficient (Wildman–Crippen LogP) is 4.88. The van der Waals surface area contributed by atoms with E-state index >= 15 is 0 Å². The second-order valence-corrected chi connectivity index (χ2v) is 10.6. The van der Waals surface area contributed by atoms with Crippen molar-refractivity contribution in [2.24, 2.45) is 0 Å². The standard InChI is InChI=1S/C30H33BClN3O2/c1-20-5-7-21(8-6-20)18-27(34-31(2)37)30(36)35-16-13-22(14-17-35)28-26-12-11-25(32)19-24(26)10-9-23-4-3-15-33-29(23)28/h3-8,11-12,15,19,27,34,37H,9-10,13-14,16-18H2,1-2H3/t27-/m0/s1. The van der Waals surface area contributed by atoms with Crippen LogP contribution in [0, 0.1) is 6.92 Å². The van der Waals surface area contributed by atoms with Gasteiger partial charge >= 0.3 is 7.05 Å². The SMILES string of the molecule is CB(O)N[C@@H](Cc1ccc(C)cc1)C(=O)N1CCC(=C2c3ccc(Cl)cc3CCc3cccnc32)CC1. The van der Waals surface area contributed by atoms with Crippen molar-refractivity contribution in [1.29, 1.82) is 0 Å². The number of aromatic nitrogens is 1. The molecule has 1 saturated heterocycles. The number of aryl methyl sites for hydroxylation is 3. The van der Waals surface area contributed by atoms with Crippen molar-refractivity contribution in [2.75, 3.05) is 13.1 Å². The van der Waals surface area contributed by atoms with E-state index in [4.69, 9.17) is 16.6 Å². The predicted molar refractivity (Wildman–Crippen MR) is 151 cm³/mol. The maximum Gasteiger partial charge on any atom is 0.374 e. The molecule has 0 bridgehead atoms. The van der Waals surface area contributed by atoms with Crippen molar-refractivity contribution in [3.05, 3.63) is 105 Å². The molecule has 3 aromatic rings. The molecular formula is C30H33BClN3O2. The summed E-state index contributed by atoms with van der Waals surface area (Å²) in [4.78, 5) is 20.3. The third-order valence-corrected chi connectivity index (χ3v) is 7.70. The first kappa shape index (κ1) is 25.7. The van der Waals surface area contributed by atoms with Gasteiger partial charge in [-0.3, -0.25) is 9.78 Å². The van der Waals surface area contributed by atoms with E-state index in [0.29, 0.717) is 19.5 Å². The van der Waals surface area contributed by atoms with E-state index in [-0.39, 0.29) is 5.91 Å². The van der Waals surface area contributed by atoms with Crippen molar-refractivity contribution in [1.82, 2.24) is 15.1 Å². The zero-order valence-corrected chi connectivity index (χ0v) is 22.3. The molecule has 1 atom stereocenters. The molecule has 1 aliphatic carbocycles. The largest absolute Gasteiger partial charge is 0.437 e. The van der Waals surface area contributed by atoms with Gasteiger partial charge in [-0.05, 0) is 86.3 Å². The number of amides is 1. The Hall–Kier alpha value is -2.93. The summed E-state index contributed by atoms with van der Waals surface area (Å²) >= 11 is 6.36. The molecule has 2 heterocycles. The van der Waals surface area contributed by atoms with E-state index in [1.165, 1.54) is 33.4 Å². The van der Waals surface area contributed by atoms with Gasteiger partial charge in [-0.25, -0.2) is 0 Å². The van der Waals surface area contributed by atoms with Gasteiger partial charge in [0.25, 0.3) is 0 Å². The lowest BCUT2D eigenvalue weighted by molar-refractivity contribution is -0.133. The Kier molecular flexibility index (Phi) is 7.80. The van der Waals surface area contributed by atoms with Crippen molar-refractivity contribution in [3.8, 4) is 0 Å². The van der Waals surface area contributed by atoms with Crippen LogP contribution in [0.1, 0.15) is 46.4 Å². The number of benzene rings is 2. The molecule has 2 N–H and O–H groups in total. The third kappa shape index (κ3) is 5.82. The summed E-state index contributed by atoms with van der Waals surface area (Å²) < 4.78 is 0. The molecule has 2 aliphatic rings. The first-order valence-electron chi connectivity index (χ1n) is 13.1. The molecule has 0 saturated carbocycles. The van der Waals surface area contributed by atoms with Gasteiger partial charge in [0.2, 0.25) is 5.91 Å². The average molecular weight is 514 g/mol. The minimum atomic E-state index is -0.765. The van der Waals surface area contributed by atoms with E-state index in [1.807, 2.05) is 23.2 Å². The third-order valence-electron chi connectivity index (χ3n) is 7.46. The molecule has 5 nitrogen and oxygen atoms in total. The molecular weight excluding hydrogens is 481 g/mol. The molecule has 37 heavy (non-hydrogen) atoms. The van der Waals surface area contributed by atoms with Gasteiger partial charge in [0, 0.05) is 29.9 Å². The van der Waals surface area contributed by atoms with Crippen LogP contribution in [-0.2, 0) is 24.1 Å². The summed E-state index contributed by atoms with van der Waals surface area (Å²) in [6.07, 6.45) is 5.87. The fourth-order valence-electron chi connectivity index (χ4n) is 5.57. The normalized spacial score (nSPS) is 16.1. The summed E-state index contributed by atoms with van der Waals surface area (Å²) in [6, 6.07) is 18.1. The summed E-state index contributed by atoms with van der Waals surface area (Å²) in [5, 5.41) is 13.9. The van der Waals surface area contributed by atoms with Crippen LogP contribution >= 0.6 is 11.6 Å². The Labute approximate surface area is 224 Å². The maximum absolute atomic E-state index is 13.6. The monoisotopic (exact) mass is 513 g/mol. The van der Waals surface area contributed by atoms with E-state index in [0.717, 1.165) is 42.0 Å². The number of nitrogens with one attached hydrogen (secondary N) is 1. The molecule has 2 aromatic carbocycles. The number of fused-ring (bicyclic) bond motifs is 2. The highest BCUT2D eigenvalue weighted by Crippen LogP contribution is 2.38. The smallest absolute Gasteiger partial charge is 0.374 e. The number of likely N-dealkylation sites (tertiary alicyclic amines) is 1. The topological polar surface area (TPSA) is 65.5 Å². The summed E-state index contributed by atoms with van der Waals surface area (Å²) in [5.74, 6) is 0.0390. The molecule has 0 unspecified atom stereocenters. The summed E-state index contributed by atoms with van der Waals surface area (Å²) in [5.41, 5.74) is 9.61. The Morgan fingerprint density at radius 3 is 2.54 bits per heavy atom. The molecule has 1 fully saturated rings.